The largest absolute Gasteiger partial charge is 1.00 e. The first-order valence-electron chi connectivity index (χ1n) is 6.33. The zero-order valence-corrected chi connectivity index (χ0v) is 14.0. The summed E-state index contributed by atoms with van der Waals surface area (Å²) in [7, 11) is 6.55. The SMILES string of the molecule is Cc1ccc(C(C)C)c(OCC[N+](C)(C)C)c1.[Br-]. The summed E-state index contributed by atoms with van der Waals surface area (Å²) >= 11 is 0. The summed E-state index contributed by atoms with van der Waals surface area (Å²) in [4.78, 5) is 0. The molecule has 0 unspecified atom stereocenters. The third-order valence-corrected chi connectivity index (χ3v) is 2.81. The Hall–Kier alpha value is -0.540. The van der Waals surface area contributed by atoms with Crippen LogP contribution in [-0.2, 0) is 0 Å². The lowest BCUT2D eigenvalue weighted by atomic mass is 10.0. The van der Waals surface area contributed by atoms with Gasteiger partial charge in [-0.1, -0.05) is 26.0 Å². The standard InChI is InChI=1S/C15H26NO.BrH/c1-12(2)14-8-7-13(3)11-15(14)17-10-9-16(4,5)6;/h7-8,11-12H,9-10H2,1-6H3;1H/q+1;/p-1. The Bertz CT molecular complexity index is 369. The first kappa shape index (κ1) is 17.5. The van der Waals surface area contributed by atoms with E-state index in [4.69, 9.17) is 4.74 Å². The van der Waals surface area contributed by atoms with Crippen LogP contribution in [0.2, 0.25) is 0 Å². The fourth-order valence-electron chi connectivity index (χ4n) is 1.67. The second-order valence-corrected chi connectivity index (χ2v) is 6.06. The van der Waals surface area contributed by atoms with Gasteiger partial charge in [-0.15, -0.1) is 0 Å². The van der Waals surface area contributed by atoms with Crippen molar-refractivity contribution in [2.75, 3.05) is 34.3 Å². The van der Waals surface area contributed by atoms with Crippen molar-refractivity contribution in [1.29, 1.82) is 0 Å². The first-order valence-corrected chi connectivity index (χ1v) is 6.33. The summed E-state index contributed by atoms with van der Waals surface area (Å²) in [6.45, 7) is 8.31. The number of aryl methyl sites for hydroxylation is 1. The summed E-state index contributed by atoms with van der Waals surface area (Å²) in [5.74, 6) is 1.56. The van der Waals surface area contributed by atoms with Crippen molar-refractivity contribution in [3.05, 3.63) is 29.3 Å². The topological polar surface area (TPSA) is 9.23 Å². The van der Waals surface area contributed by atoms with E-state index >= 15 is 0 Å². The summed E-state index contributed by atoms with van der Waals surface area (Å²) in [6, 6.07) is 6.48. The van der Waals surface area contributed by atoms with Gasteiger partial charge in [0.25, 0.3) is 0 Å². The van der Waals surface area contributed by atoms with Crippen molar-refractivity contribution < 1.29 is 26.2 Å². The third-order valence-electron chi connectivity index (χ3n) is 2.81. The van der Waals surface area contributed by atoms with Crippen LogP contribution in [0.15, 0.2) is 18.2 Å². The molecule has 1 aromatic carbocycles. The van der Waals surface area contributed by atoms with Crippen LogP contribution >= 0.6 is 0 Å². The highest BCUT2D eigenvalue weighted by Crippen LogP contribution is 2.27. The molecule has 0 aromatic heterocycles. The fourth-order valence-corrected chi connectivity index (χ4v) is 1.67. The molecule has 0 bridgehead atoms. The van der Waals surface area contributed by atoms with Gasteiger partial charge >= 0.3 is 0 Å². The number of hydrogen-bond acceptors (Lipinski definition) is 1. The lowest BCUT2D eigenvalue weighted by molar-refractivity contribution is -0.870. The minimum atomic E-state index is 0. The molecule has 18 heavy (non-hydrogen) atoms. The average Bonchev–Trinajstić information content (AvgIpc) is 2.15. The van der Waals surface area contributed by atoms with Gasteiger partial charge in [0, 0.05) is 0 Å². The van der Waals surface area contributed by atoms with Gasteiger partial charge in [0.05, 0.1) is 21.1 Å². The molecule has 104 valence electrons. The lowest BCUT2D eigenvalue weighted by Gasteiger charge is -2.24. The predicted octanol–water partition coefficient (Wildman–Crippen LogP) is 0.207. The molecule has 0 aliphatic heterocycles. The number of benzene rings is 1. The highest BCUT2D eigenvalue weighted by atomic mass is 79.9. The molecule has 0 aliphatic carbocycles. The molecule has 0 heterocycles. The van der Waals surface area contributed by atoms with E-state index in [0.29, 0.717) is 5.92 Å². The second-order valence-electron chi connectivity index (χ2n) is 6.06. The van der Waals surface area contributed by atoms with Crippen LogP contribution in [-0.4, -0.2) is 38.8 Å². The molecule has 3 heteroatoms. The van der Waals surface area contributed by atoms with E-state index in [1.165, 1.54) is 11.1 Å². The lowest BCUT2D eigenvalue weighted by Crippen LogP contribution is -3.00. The normalized spacial score (nSPS) is 11.3. The zero-order valence-electron chi connectivity index (χ0n) is 12.5. The van der Waals surface area contributed by atoms with Gasteiger partial charge in [0.1, 0.15) is 18.9 Å². The molecule has 0 spiro atoms. The number of hydrogen-bond donors (Lipinski definition) is 0. The Labute approximate surface area is 122 Å². The molecule has 0 saturated carbocycles. The van der Waals surface area contributed by atoms with E-state index < -0.39 is 0 Å². The van der Waals surface area contributed by atoms with Crippen LogP contribution in [0.1, 0.15) is 30.9 Å². The molecule has 0 atom stereocenters. The molecule has 2 nitrogen and oxygen atoms in total. The molecular weight excluding hydrogens is 290 g/mol. The van der Waals surface area contributed by atoms with E-state index in [-0.39, 0.29) is 17.0 Å². The molecule has 1 aromatic rings. The van der Waals surface area contributed by atoms with Gasteiger partial charge < -0.3 is 26.2 Å². The Balaban J connectivity index is 0.00000289. The maximum Gasteiger partial charge on any atom is 0.137 e. The van der Waals surface area contributed by atoms with E-state index in [1.807, 2.05) is 0 Å². The van der Waals surface area contributed by atoms with Crippen LogP contribution < -0.4 is 21.7 Å². The Morgan fingerprint density at radius 3 is 2.28 bits per heavy atom. The number of ether oxygens (including phenoxy) is 1. The number of likely N-dealkylation sites (N-methyl/N-ethyl adjacent to an activating group) is 1. The number of quaternary nitrogens is 1. The summed E-state index contributed by atoms with van der Waals surface area (Å²) in [5, 5.41) is 0. The predicted molar refractivity (Wildman–Crippen MR) is 73.7 cm³/mol. The van der Waals surface area contributed by atoms with Gasteiger partial charge in [0.15, 0.2) is 0 Å². The maximum absolute atomic E-state index is 5.94. The van der Waals surface area contributed by atoms with Gasteiger partial charge in [-0.25, -0.2) is 0 Å². The molecular formula is C15H26BrNO. The quantitative estimate of drug-likeness (QED) is 0.706. The van der Waals surface area contributed by atoms with Crippen molar-refractivity contribution in [2.45, 2.75) is 26.7 Å². The van der Waals surface area contributed by atoms with Crippen LogP contribution in [0.5, 0.6) is 5.75 Å². The van der Waals surface area contributed by atoms with Crippen molar-refractivity contribution in [1.82, 2.24) is 0 Å². The zero-order chi connectivity index (χ0) is 13.1. The highest BCUT2D eigenvalue weighted by Gasteiger charge is 2.10. The summed E-state index contributed by atoms with van der Waals surface area (Å²) in [5.41, 5.74) is 2.56. The number of rotatable bonds is 5. The van der Waals surface area contributed by atoms with E-state index in [0.717, 1.165) is 23.4 Å². The highest BCUT2D eigenvalue weighted by molar-refractivity contribution is 5.39. The Morgan fingerprint density at radius 1 is 1.17 bits per heavy atom. The van der Waals surface area contributed by atoms with Gasteiger partial charge in [0.2, 0.25) is 0 Å². The van der Waals surface area contributed by atoms with E-state index in [9.17, 15) is 0 Å². The third kappa shape index (κ3) is 5.87. The van der Waals surface area contributed by atoms with Crippen LogP contribution in [0.3, 0.4) is 0 Å². The van der Waals surface area contributed by atoms with Crippen LogP contribution in [0, 0.1) is 6.92 Å². The smallest absolute Gasteiger partial charge is 0.137 e. The van der Waals surface area contributed by atoms with Gasteiger partial charge in [-0.05, 0) is 30.0 Å². The molecule has 0 N–H and O–H groups in total. The Kier molecular flexibility index (Phi) is 6.93. The van der Waals surface area contributed by atoms with Crippen molar-refractivity contribution >= 4 is 0 Å². The van der Waals surface area contributed by atoms with E-state index in [1.54, 1.807) is 0 Å². The molecule has 0 saturated heterocycles. The Morgan fingerprint density at radius 2 is 1.78 bits per heavy atom. The maximum atomic E-state index is 5.94. The minimum absolute atomic E-state index is 0. The summed E-state index contributed by atoms with van der Waals surface area (Å²) < 4.78 is 6.87. The molecule has 0 amide bonds. The molecule has 0 aliphatic rings. The fraction of sp³-hybridized carbons (Fsp3) is 0.600. The minimum Gasteiger partial charge on any atom is -1.00 e. The first-order chi connectivity index (χ1) is 7.79. The van der Waals surface area contributed by atoms with Crippen LogP contribution in [0.25, 0.3) is 0 Å². The number of nitrogens with zero attached hydrogens (tertiary/aromatic N) is 1. The van der Waals surface area contributed by atoms with Crippen LogP contribution in [0.4, 0.5) is 0 Å². The van der Waals surface area contributed by atoms with Crippen molar-refractivity contribution in [3.63, 3.8) is 0 Å². The molecule has 1 rings (SSSR count). The second kappa shape index (κ2) is 7.15. The van der Waals surface area contributed by atoms with Gasteiger partial charge in [-0.2, -0.15) is 0 Å². The van der Waals surface area contributed by atoms with Gasteiger partial charge in [-0.3, -0.25) is 0 Å². The van der Waals surface area contributed by atoms with E-state index in [2.05, 4.69) is 60.1 Å². The summed E-state index contributed by atoms with van der Waals surface area (Å²) in [6.07, 6.45) is 0. The molecule has 0 fully saturated rings. The van der Waals surface area contributed by atoms with Crippen molar-refractivity contribution in [2.24, 2.45) is 0 Å². The molecule has 0 radical (unpaired) electrons. The average molecular weight is 316 g/mol. The monoisotopic (exact) mass is 315 g/mol. The number of halogens is 1. The van der Waals surface area contributed by atoms with Crippen molar-refractivity contribution in [3.8, 4) is 5.75 Å².